The Bertz CT molecular complexity index is 342. The van der Waals surface area contributed by atoms with Crippen LogP contribution in [-0.2, 0) is 4.57 Å². The molecule has 0 aliphatic carbocycles. The van der Waals surface area contributed by atoms with Gasteiger partial charge in [-0.3, -0.25) is 0 Å². The zero-order valence-electron chi connectivity index (χ0n) is 9.41. The molecule has 1 heterocycles. The lowest BCUT2D eigenvalue weighted by molar-refractivity contribution is 0.349. The van der Waals surface area contributed by atoms with Crippen molar-refractivity contribution in [1.29, 1.82) is 0 Å². The number of aromatic nitrogens is 1. The summed E-state index contributed by atoms with van der Waals surface area (Å²) in [5, 5.41) is 0. The van der Waals surface area contributed by atoms with E-state index in [2.05, 4.69) is 4.98 Å². The third kappa shape index (κ3) is 2.78. The van der Waals surface area contributed by atoms with E-state index in [-0.39, 0.29) is 0 Å². The standard InChI is InChI=1S/C9H16N3O2P/c1-11(2)15(13,12(3)4)14-9-7-5-6-8-10-9/h5-8H,1-4H3. The summed E-state index contributed by atoms with van der Waals surface area (Å²) in [5.41, 5.74) is 0. The van der Waals surface area contributed by atoms with Crippen molar-refractivity contribution < 1.29 is 9.09 Å². The molecule has 6 heteroatoms. The first kappa shape index (κ1) is 12.2. The average Bonchev–Trinajstić information content (AvgIpc) is 2.18. The topological polar surface area (TPSA) is 45.7 Å². The van der Waals surface area contributed by atoms with Gasteiger partial charge in [-0.1, -0.05) is 6.07 Å². The molecule has 0 radical (unpaired) electrons. The molecule has 15 heavy (non-hydrogen) atoms. The number of hydrogen-bond donors (Lipinski definition) is 0. The van der Waals surface area contributed by atoms with Crippen molar-refractivity contribution in [3.05, 3.63) is 24.4 Å². The van der Waals surface area contributed by atoms with E-state index in [0.717, 1.165) is 0 Å². The van der Waals surface area contributed by atoms with Gasteiger partial charge < -0.3 is 4.52 Å². The SMILES string of the molecule is CN(C)P(=O)(Oc1ccccn1)N(C)C. The van der Waals surface area contributed by atoms with Crippen molar-refractivity contribution in [2.75, 3.05) is 28.2 Å². The third-order valence-electron chi connectivity index (χ3n) is 1.86. The van der Waals surface area contributed by atoms with Gasteiger partial charge in [0.05, 0.1) is 0 Å². The van der Waals surface area contributed by atoms with Crippen LogP contribution in [0.2, 0.25) is 0 Å². The van der Waals surface area contributed by atoms with Crippen LogP contribution < -0.4 is 4.52 Å². The zero-order valence-corrected chi connectivity index (χ0v) is 10.3. The predicted octanol–water partition coefficient (Wildman–Crippen LogP) is 1.69. The van der Waals surface area contributed by atoms with E-state index in [1.165, 1.54) is 0 Å². The maximum atomic E-state index is 12.4. The molecular formula is C9H16N3O2P. The Hall–Kier alpha value is -0.900. The maximum Gasteiger partial charge on any atom is 0.395 e. The first-order valence-electron chi connectivity index (χ1n) is 4.53. The van der Waals surface area contributed by atoms with Gasteiger partial charge in [0, 0.05) is 12.3 Å². The Balaban J connectivity index is 2.91. The minimum Gasteiger partial charge on any atom is -0.403 e. The largest absolute Gasteiger partial charge is 0.403 e. The van der Waals surface area contributed by atoms with Crippen molar-refractivity contribution >= 4 is 7.67 Å². The summed E-state index contributed by atoms with van der Waals surface area (Å²) in [6.07, 6.45) is 1.60. The highest BCUT2D eigenvalue weighted by Crippen LogP contribution is 2.49. The van der Waals surface area contributed by atoms with E-state index < -0.39 is 7.67 Å². The fourth-order valence-electron chi connectivity index (χ4n) is 1.04. The Morgan fingerprint density at radius 2 is 1.80 bits per heavy atom. The van der Waals surface area contributed by atoms with Crippen LogP contribution in [0.3, 0.4) is 0 Å². The number of pyridine rings is 1. The first-order valence-corrected chi connectivity index (χ1v) is 6.06. The second kappa shape index (κ2) is 4.75. The highest BCUT2D eigenvalue weighted by Gasteiger charge is 2.31. The van der Waals surface area contributed by atoms with Crippen molar-refractivity contribution in [3.8, 4) is 5.88 Å². The highest BCUT2D eigenvalue weighted by molar-refractivity contribution is 7.54. The molecule has 0 fully saturated rings. The van der Waals surface area contributed by atoms with Gasteiger partial charge >= 0.3 is 7.67 Å². The summed E-state index contributed by atoms with van der Waals surface area (Å²) in [6, 6.07) is 5.25. The number of hydrogen-bond acceptors (Lipinski definition) is 3. The van der Waals surface area contributed by atoms with E-state index in [1.54, 1.807) is 61.9 Å². The van der Waals surface area contributed by atoms with Crippen molar-refractivity contribution in [3.63, 3.8) is 0 Å². The Labute approximate surface area is 90.2 Å². The van der Waals surface area contributed by atoms with E-state index in [1.807, 2.05) is 0 Å². The van der Waals surface area contributed by atoms with Crippen LogP contribution in [0.15, 0.2) is 24.4 Å². The molecule has 0 unspecified atom stereocenters. The molecule has 0 spiro atoms. The molecule has 0 atom stereocenters. The molecule has 0 aliphatic rings. The van der Waals surface area contributed by atoms with Crippen LogP contribution in [-0.4, -0.2) is 42.5 Å². The molecule has 5 nitrogen and oxygen atoms in total. The fourth-order valence-corrected chi connectivity index (χ4v) is 2.44. The second-order valence-electron chi connectivity index (χ2n) is 3.44. The van der Waals surface area contributed by atoms with E-state index in [0.29, 0.717) is 5.88 Å². The summed E-state index contributed by atoms with van der Waals surface area (Å²) in [5.74, 6) is 0.364. The van der Waals surface area contributed by atoms with E-state index >= 15 is 0 Å². The van der Waals surface area contributed by atoms with Gasteiger partial charge in [-0.05, 0) is 34.3 Å². The van der Waals surface area contributed by atoms with Gasteiger partial charge in [0.15, 0.2) is 0 Å². The summed E-state index contributed by atoms with van der Waals surface area (Å²) >= 11 is 0. The molecule has 0 amide bonds. The average molecular weight is 229 g/mol. The summed E-state index contributed by atoms with van der Waals surface area (Å²) in [4.78, 5) is 3.98. The van der Waals surface area contributed by atoms with Crippen LogP contribution in [0, 0.1) is 0 Å². The molecule has 0 saturated carbocycles. The molecule has 0 aliphatic heterocycles. The van der Waals surface area contributed by atoms with Gasteiger partial charge in [0.1, 0.15) is 0 Å². The van der Waals surface area contributed by atoms with Gasteiger partial charge in [-0.25, -0.2) is 18.9 Å². The quantitative estimate of drug-likeness (QED) is 0.735. The van der Waals surface area contributed by atoms with Crippen LogP contribution in [0.4, 0.5) is 0 Å². The van der Waals surface area contributed by atoms with Gasteiger partial charge in [0.25, 0.3) is 0 Å². The fraction of sp³-hybridized carbons (Fsp3) is 0.444. The summed E-state index contributed by atoms with van der Waals surface area (Å²) < 4.78 is 20.9. The van der Waals surface area contributed by atoms with E-state index in [9.17, 15) is 4.57 Å². The smallest absolute Gasteiger partial charge is 0.395 e. The summed E-state index contributed by atoms with van der Waals surface area (Å²) in [6.45, 7) is 0. The van der Waals surface area contributed by atoms with Crippen molar-refractivity contribution in [2.45, 2.75) is 0 Å². The highest BCUT2D eigenvalue weighted by atomic mass is 31.2. The molecule has 0 N–H and O–H groups in total. The predicted molar refractivity (Wildman–Crippen MR) is 59.8 cm³/mol. The Morgan fingerprint density at radius 3 is 2.20 bits per heavy atom. The zero-order chi connectivity index (χ0) is 11.5. The lowest BCUT2D eigenvalue weighted by atomic mass is 10.5. The number of nitrogens with zero attached hydrogens (tertiary/aromatic N) is 3. The van der Waals surface area contributed by atoms with Crippen LogP contribution >= 0.6 is 7.67 Å². The van der Waals surface area contributed by atoms with Crippen LogP contribution in [0.25, 0.3) is 0 Å². The van der Waals surface area contributed by atoms with Crippen molar-refractivity contribution in [2.24, 2.45) is 0 Å². The first-order chi connectivity index (χ1) is 6.97. The van der Waals surface area contributed by atoms with Crippen LogP contribution in [0.1, 0.15) is 0 Å². The summed E-state index contributed by atoms with van der Waals surface area (Å²) in [7, 11) is 3.87. The molecule has 1 aromatic heterocycles. The molecule has 1 aromatic rings. The van der Waals surface area contributed by atoms with Crippen LogP contribution in [0.5, 0.6) is 5.88 Å². The Kier molecular flexibility index (Phi) is 3.85. The molecule has 0 saturated heterocycles. The minimum atomic E-state index is -2.98. The maximum absolute atomic E-state index is 12.4. The van der Waals surface area contributed by atoms with Gasteiger partial charge in [0.2, 0.25) is 5.88 Å². The van der Waals surface area contributed by atoms with E-state index in [4.69, 9.17) is 4.52 Å². The monoisotopic (exact) mass is 229 g/mol. The molecule has 0 bridgehead atoms. The lowest BCUT2D eigenvalue weighted by Gasteiger charge is -2.28. The molecule has 1 rings (SSSR count). The molecular weight excluding hydrogens is 213 g/mol. The van der Waals surface area contributed by atoms with Gasteiger partial charge in [-0.15, -0.1) is 0 Å². The third-order valence-corrected chi connectivity index (χ3v) is 4.31. The Morgan fingerprint density at radius 1 is 1.20 bits per heavy atom. The van der Waals surface area contributed by atoms with Crippen molar-refractivity contribution in [1.82, 2.24) is 14.3 Å². The molecule has 0 aromatic carbocycles. The minimum absolute atomic E-state index is 0.364. The normalized spacial score (nSPS) is 12.1. The van der Waals surface area contributed by atoms with Gasteiger partial charge in [-0.2, -0.15) is 0 Å². The second-order valence-corrected chi connectivity index (χ2v) is 6.21. The lowest BCUT2D eigenvalue weighted by Crippen LogP contribution is -2.24. The number of rotatable bonds is 4. The molecule has 84 valence electrons.